The second kappa shape index (κ2) is 7.63. The van der Waals surface area contributed by atoms with Crippen LogP contribution in [0.2, 0.25) is 0 Å². The van der Waals surface area contributed by atoms with E-state index >= 15 is 0 Å². The third-order valence-corrected chi connectivity index (χ3v) is 6.38. The highest BCUT2D eigenvalue weighted by Crippen LogP contribution is 2.33. The van der Waals surface area contributed by atoms with Crippen LogP contribution >= 0.6 is 11.3 Å². The second-order valence-corrected chi connectivity index (χ2v) is 8.36. The van der Waals surface area contributed by atoms with E-state index in [1.807, 2.05) is 22.9 Å². The number of thiophene rings is 1. The summed E-state index contributed by atoms with van der Waals surface area (Å²) in [4.78, 5) is 40.4. The Kier molecular flexibility index (Phi) is 4.78. The smallest absolute Gasteiger partial charge is 0.256 e. The lowest BCUT2D eigenvalue weighted by molar-refractivity contribution is -0.120. The van der Waals surface area contributed by atoms with Crippen LogP contribution in [0.4, 0.5) is 10.1 Å². The zero-order valence-electron chi connectivity index (χ0n) is 16.3. The standard InChI is InChI=1S/C23H18FN3O3S/c24-16-3-1-2-14(10-16)21(28)26-19-6-8-27-20(19)22(29)25-18-5-4-13(11-17(18)23(27)30)15-7-9-31-12-15/h1-5,7,9-12,19-20H,6,8H2,(H,25,29)(H,26,28)/t19-,20-/m0/s1. The van der Waals surface area contributed by atoms with Gasteiger partial charge in [-0.05, 0) is 64.7 Å². The first-order valence-corrected chi connectivity index (χ1v) is 10.8. The number of nitrogens with one attached hydrogen (secondary N) is 2. The number of amides is 3. The summed E-state index contributed by atoms with van der Waals surface area (Å²) in [6, 6.07) is 11.3. The number of hydrogen-bond acceptors (Lipinski definition) is 4. The Labute approximate surface area is 181 Å². The Morgan fingerprint density at radius 1 is 1.13 bits per heavy atom. The molecule has 0 radical (unpaired) electrons. The molecule has 2 aromatic carbocycles. The summed E-state index contributed by atoms with van der Waals surface area (Å²) in [5.41, 5.74) is 2.96. The minimum absolute atomic E-state index is 0.169. The summed E-state index contributed by atoms with van der Waals surface area (Å²) in [5, 5.41) is 9.60. The van der Waals surface area contributed by atoms with E-state index in [-0.39, 0.29) is 17.4 Å². The highest BCUT2D eigenvalue weighted by molar-refractivity contribution is 7.08. The molecule has 0 saturated carbocycles. The van der Waals surface area contributed by atoms with Crippen molar-refractivity contribution in [1.29, 1.82) is 0 Å². The number of fused-ring (bicyclic) bond motifs is 2. The molecule has 2 N–H and O–H groups in total. The van der Waals surface area contributed by atoms with Gasteiger partial charge in [0, 0.05) is 12.1 Å². The largest absolute Gasteiger partial charge is 0.347 e. The topological polar surface area (TPSA) is 78.5 Å². The van der Waals surface area contributed by atoms with E-state index < -0.39 is 23.8 Å². The third kappa shape index (κ3) is 3.48. The zero-order valence-corrected chi connectivity index (χ0v) is 17.1. The van der Waals surface area contributed by atoms with Crippen molar-refractivity contribution >= 4 is 34.7 Å². The molecule has 0 spiro atoms. The van der Waals surface area contributed by atoms with Crippen LogP contribution in [-0.4, -0.2) is 41.2 Å². The molecule has 2 aliphatic heterocycles. The Morgan fingerprint density at radius 3 is 2.77 bits per heavy atom. The number of rotatable bonds is 3. The maximum Gasteiger partial charge on any atom is 0.256 e. The van der Waals surface area contributed by atoms with Crippen LogP contribution in [0, 0.1) is 5.82 Å². The molecular formula is C23H18FN3O3S. The van der Waals surface area contributed by atoms with E-state index in [9.17, 15) is 18.8 Å². The first-order chi connectivity index (χ1) is 15.0. The molecule has 1 fully saturated rings. The minimum atomic E-state index is -0.831. The van der Waals surface area contributed by atoms with Crippen LogP contribution in [0.1, 0.15) is 27.1 Å². The Hall–Kier alpha value is -3.52. The third-order valence-electron chi connectivity index (χ3n) is 5.69. The normalized spacial score (nSPS) is 20.0. The fraction of sp³-hybridized carbons (Fsp3) is 0.174. The average molecular weight is 435 g/mol. The second-order valence-electron chi connectivity index (χ2n) is 7.58. The van der Waals surface area contributed by atoms with Gasteiger partial charge in [-0.2, -0.15) is 11.3 Å². The summed E-state index contributed by atoms with van der Waals surface area (Å²) >= 11 is 1.57. The summed E-state index contributed by atoms with van der Waals surface area (Å²) < 4.78 is 13.5. The maximum atomic E-state index is 13.5. The molecule has 0 unspecified atom stereocenters. The van der Waals surface area contributed by atoms with Crippen molar-refractivity contribution in [3.05, 3.63) is 76.2 Å². The van der Waals surface area contributed by atoms with E-state index in [1.54, 1.807) is 23.5 Å². The molecule has 156 valence electrons. The minimum Gasteiger partial charge on any atom is -0.347 e. The van der Waals surface area contributed by atoms with Crippen molar-refractivity contribution in [2.24, 2.45) is 0 Å². The maximum absolute atomic E-state index is 13.5. The lowest BCUT2D eigenvalue weighted by Gasteiger charge is -2.25. The van der Waals surface area contributed by atoms with Crippen LogP contribution in [0.15, 0.2) is 59.3 Å². The van der Waals surface area contributed by atoms with Crippen molar-refractivity contribution in [3.63, 3.8) is 0 Å². The number of benzene rings is 2. The number of carbonyl (C=O) groups excluding carboxylic acids is 3. The first kappa shape index (κ1) is 19.4. The van der Waals surface area contributed by atoms with Gasteiger partial charge in [0.15, 0.2) is 0 Å². The van der Waals surface area contributed by atoms with Gasteiger partial charge in [-0.15, -0.1) is 0 Å². The number of halogens is 1. The van der Waals surface area contributed by atoms with Gasteiger partial charge in [-0.25, -0.2) is 4.39 Å². The predicted molar refractivity (Wildman–Crippen MR) is 115 cm³/mol. The first-order valence-electron chi connectivity index (χ1n) is 9.86. The number of anilines is 1. The molecule has 1 saturated heterocycles. The van der Waals surface area contributed by atoms with Crippen LogP contribution < -0.4 is 10.6 Å². The number of carbonyl (C=O) groups is 3. The Bertz CT molecular complexity index is 1190. The molecule has 0 aliphatic carbocycles. The zero-order chi connectivity index (χ0) is 21.5. The van der Waals surface area contributed by atoms with Crippen molar-refractivity contribution in [3.8, 4) is 11.1 Å². The van der Waals surface area contributed by atoms with Gasteiger partial charge in [-0.1, -0.05) is 12.1 Å². The van der Waals surface area contributed by atoms with Gasteiger partial charge >= 0.3 is 0 Å². The Balaban J connectivity index is 1.42. The van der Waals surface area contributed by atoms with Gasteiger partial charge in [0.1, 0.15) is 11.9 Å². The highest BCUT2D eigenvalue weighted by atomic mass is 32.1. The highest BCUT2D eigenvalue weighted by Gasteiger charge is 2.45. The molecule has 5 rings (SSSR count). The van der Waals surface area contributed by atoms with Crippen LogP contribution in [-0.2, 0) is 4.79 Å². The number of nitrogens with zero attached hydrogens (tertiary/aromatic N) is 1. The molecule has 2 aliphatic rings. The molecule has 1 aromatic heterocycles. The van der Waals surface area contributed by atoms with Crippen molar-refractivity contribution in [2.75, 3.05) is 11.9 Å². The van der Waals surface area contributed by atoms with E-state index in [2.05, 4.69) is 10.6 Å². The summed E-state index contributed by atoms with van der Waals surface area (Å²) in [6.45, 7) is 0.340. The van der Waals surface area contributed by atoms with Gasteiger partial charge in [0.05, 0.1) is 17.3 Å². The van der Waals surface area contributed by atoms with Crippen LogP contribution in [0.25, 0.3) is 11.1 Å². The van der Waals surface area contributed by atoms with E-state index in [1.165, 1.54) is 23.1 Å². The predicted octanol–water partition coefficient (Wildman–Crippen LogP) is 3.52. The number of hydrogen-bond donors (Lipinski definition) is 2. The molecule has 8 heteroatoms. The molecule has 3 heterocycles. The SMILES string of the molecule is O=C(N[C@H]1CCN2C(=O)c3cc(-c4ccsc4)ccc3NC(=O)[C@H]12)c1cccc(F)c1. The molecule has 3 amide bonds. The van der Waals surface area contributed by atoms with Gasteiger partial charge < -0.3 is 15.5 Å². The lowest BCUT2D eigenvalue weighted by atomic mass is 10.0. The molecule has 6 nitrogen and oxygen atoms in total. The fourth-order valence-electron chi connectivity index (χ4n) is 4.18. The van der Waals surface area contributed by atoms with Crippen LogP contribution in [0.3, 0.4) is 0 Å². The van der Waals surface area contributed by atoms with Crippen LogP contribution in [0.5, 0.6) is 0 Å². The van der Waals surface area contributed by atoms with Gasteiger partial charge in [0.25, 0.3) is 11.8 Å². The fourth-order valence-corrected chi connectivity index (χ4v) is 4.84. The van der Waals surface area contributed by atoms with Crippen molar-refractivity contribution in [1.82, 2.24) is 10.2 Å². The van der Waals surface area contributed by atoms with E-state index in [0.717, 1.165) is 17.2 Å². The monoisotopic (exact) mass is 435 g/mol. The molecule has 31 heavy (non-hydrogen) atoms. The van der Waals surface area contributed by atoms with Gasteiger partial charge in [-0.3, -0.25) is 14.4 Å². The lowest BCUT2D eigenvalue weighted by Crippen LogP contribution is -2.51. The molecular weight excluding hydrogens is 417 g/mol. The molecule has 0 bridgehead atoms. The quantitative estimate of drug-likeness (QED) is 0.661. The summed E-state index contributed by atoms with van der Waals surface area (Å²) in [7, 11) is 0. The summed E-state index contributed by atoms with van der Waals surface area (Å²) in [5.74, 6) is -1.59. The van der Waals surface area contributed by atoms with E-state index in [0.29, 0.717) is 24.2 Å². The van der Waals surface area contributed by atoms with Crippen molar-refractivity contribution < 1.29 is 18.8 Å². The van der Waals surface area contributed by atoms with Crippen molar-refractivity contribution in [2.45, 2.75) is 18.5 Å². The molecule has 3 aromatic rings. The summed E-state index contributed by atoms with van der Waals surface area (Å²) in [6.07, 6.45) is 0.435. The Morgan fingerprint density at radius 2 is 2.00 bits per heavy atom. The van der Waals surface area contributed by atoms with E-state index in [4.69, 9.17) is 0 Å². The van der Waals surface area contributed by atoms with Gasteiger partial charge in [0.2, 0.25) is 5.91 Å². The molecule has 2 atom stereocenters. The average Bonchev–Trinajstić information content (AvgIpc) is 3.42.